The molecule has 0 aromatic heterocycles. The Morgan fingerprint density at radius 2 is 1.89 bits per heavy atom. The van der Waals surface area contributed by atoms with E-state index in [1.54, 1.807) is 6.92 Å². The Morgan fingerprint density at radius 1 is 1.78 bits per heavy atom. The van der Waals surface area contributed by atoms with Crippen LogP contribution in [0.4, 0.5) is 0 Å². The van der Waals surface area contributed by atoms with Crippen LogP contribution in [0.1, 0.15) is 6.92 Å². The van der Waals surface area contributed by atoms with Crippen LogP contribution in [0.3, 0.4) is 0 Å². The lowest BCUT2D eigenvalue weighted by atomic mass is 10.7. The number of hydrogen-bond donors (Lipinski definition) is 2. The largest absolute Gasteiger partial charge is 0.478 e. The van der Waals surface area contributed by atoms with E-state index in [9.17, 15) is 4.79 Å². The monoisotopic (exact) mass is 154 g/mol. The van der Waals surface area contributed by atoms with E-state index in [1.807, 2.05) is 0 Å². The second-order valence-corrected chi connectivity index (χ2v) is 0.859. The van der Waals surface area contributed by atoms with Crippen molar-refractivity contribution in [3.8, 4) is 0 Å². The molecule has 0 aliphatic heterocycles. The topological polar surface area (TPSA) is 57.5 Å². The summed E-state index contributed by atoms with van der Waals surface area (Å²) in [6, 6.07) is 0. The zero-order valence-electron chi connectivity index (χ0n) is 5.20. The van der Waals surface area contributed by atoms with Crippen LogP contribution < -0.4 is 0 Å². The van der Waals surface area contributed by atoms with Gasteiger partial charge in [0.15, 0.2) is 0 Å². The first-order chi connectivity index (χ1) is 3.68. The highest BCUT2D eigenvalue weighted by molar-refractivity contribution is 5.85. The van der Waals surface area contributed by atoms with Gasteiger partial charge in [-0.25, -0.2) is 4.79 Å². The molecule has 0 unspecified atom stereocenters. The summed E-state index contributed by atoms with van der Waals surface area (Å²) in [7, 11) is 0. The Hall–Kier alpha value is -0.540. The molecule has 3 nitrogen and oxygen atoms in total. The molecule has 0 rings (SSSR count). The van der Waals surface area contributed by atoms with E-state index >= 15 is 0 Å². The molecule has 0 aliphatic carbocycles. The number of hydrogen-bond acceptors (Lipinski definition) is 2. The van der Waals surface area contributed by atoms with Crippen molar-refractivity contribution in [2.45, 2.75) is 6.92 Å². The van der Waals surface area contributed by atoms with Gasteiger partial charge in [-0.2, -0.15) is 0 Å². The molecule has 0 heterocycles. The molecule has 0 bridgehead atoms. The Kier molecular flexibility index (Phi) is 27.5. The summed E-state index contributed by atoms with van der Waals surface area (Å²) in [5.41, 5.74) is 0. The Balaban J connectivity index is -0.0000000800. The summed E-state index contributed by atoms with van der Waals surface area (Å²) in [6.45, 7) is 4.89. The molecule has 0 spiro atoms. The normalized spacial score (nSPS) is 5.56. The fraction of sp³-hybridized carbons (Fsp3) is 0.400. The van der Waals surface area contributed by atoms with Crippen molar-refractivity contribution in [2.75, 3.05) is 6.61 Å². The fourth-order valence-corrected chi connectivity index (χ4v) is 0. The van der Waals surface area contributed by atoms with Gasteiger partial charge in [0.1, 0.15) is 0 Å². The summed E-state index contributed by atoms with van der Waals surface area (Å²) in [5.74, 6) is -0.981. The Labute approximate surface area is 60.4 Å². The number of halogens is 1. The van der Waals surface area contributed by atoms with Crippen molar-refractivity contribution in [1.82, 2.24) is 0 Å². The molecule has 0 atom stereocenters. The zero-order valence-corrected chi connectivity index (χ0v) is 6.02. The molecule has 0 amide bonds. The number of rotatable bonds is 1. The van der Waals surface area contributed by atoms with Crippen LogP contribution in [-0.4, -0.2) is 22.8 Å². The molecule has 56 valence electrons. The van der Waals surface area contributed by atoms with Gasteiger partial charge in [0.25, 0.3) is 0 Å². The van der Waals surface area contributed by atoms with Gasteiger partial charge < -0.3 is 10.2 Å². The third kappa shape index (κ3) is 104. The van der Waals surface area contributed by atoms with Gasteiger partial charge in [0, 0.05) is 12.7 Å². The van der Waals surface area contributed by atoms with Crippen molar-refractivity contribution >= 4 is 18.4 Å². The number of aliphatic hydroxyl groups excluding tert-OH is 1. The number of aliphatic carboxylic acids is 1. The summed E-state index contributed by atoms with van der Waals surface area (Å²) in [5, 5.41) is 15.2. The van der Waals surface area contributed by atoms with E-state index in [4.69, 9.17) is 10.2 Å². The first-order valence-electron chi connectivity index (χ1n) is 2.15. The van der Waals surface area contributed by atoms with Crippen molar-refractivity contribution in [1.29, 1.82) is 0 Å². The zero-order chi connectivity index (χ0) is 6.99. The molecule has 0 saturated heterocycles. The quantitative estimate of drug-likeness (QED) is 0.546. The van der Waals surface area contributed by atoms with Crippen LogP contribution in [0.15, 0.2) is 12.7 Å². The Bertz CT molecular complexity index is 72.6. The van der Waals surface area contributed by atoms with E-state index in [2.05, 4.69) is 6.58 Å². The Morgan fingerprint density at radius 3 is 1.89 bits per heavy atom. The van der Waals surface area contributed by atoms with Crippen molar-refractivity contribution in [3.05, 3.63) is 12.7 Å². The maximum Gasteiger partial charge on any atom is 0.327 e. The van der Waals surface area contributed by atoms with Gasteiger partial charge >= 0.3 is 5.97 Å². The smallest absolute Gasteiger partial charge is 0.327 e. The van der Waals surface area contributed by atoms with Crippen LogP contribution in [0.5, 0.6) is 0 Å². The lowest BCUT2D eigenvalue weighted by Crippen LogP contribution is -1.82. The molecule has 9 heavy (non-hydrogen) atoms. The minimum Gasteiger partial charge on any atom is -0.478 e. The second-order valence-electron chi connectivity index (χ2n) is 0.859. The van der Waals surface area contributed by atoms with Crippen LogP contribution in [-0.2, 0) is 4.79 Å². The van der Waals surface area contributed by atoms with E-state index in [1.165, 1.54) is 0 Å². The fourth-order valence-electron chi connectivity index (χ4n) is 0. The highest BCUT2D eigenvalue weighted by atomic mass is 35.5. The van der Waals surface area contributed by atoms with Crippen LogP contribution in [0, 0.1) is 0 Å². The van der Waals surface area contributed by atoms with Gasteiger partial charge in [-0.1, -0.05) is 6.58 Å². The predicted molar refractivity (Wildman–Crippen MR) is 37.8 cm³/mol. The molecular weight excluding hydrogens is 144 g/mol. The lowest BCUT2D eigenvalue weighted by molar-refractivity contribution is -0.131. The highest BCUT2D eigenvalue weighted by Crippen LogP contribution is 1.54. The molecule has 0 saturated carbocycles. The molecule has 4 heteroatoms. The van der Waals surface area contributed by atoms with Crippen molar-refractivity contribution < 1.29 is 15.0 Å². The summed E-state index contributed by atoms with van der Waals surface area (Å²) in [4.78, 5) is 9.25. The highest BCUT2D eigenvalue weighted by Gasteiger charge is 1.73. The molecule has 2 N–H and O–H groups in total. The molecular formula is C5H11ClO3. The van der Waals surface area contributed by atoms with Crippen molar-refractivity contribution in [3.63, 3.8) is 0 Å². The van der Waals surface area contributed by atoms with Gasteiger partial charge in [0.05, 0.1) is 0 Å². The standard InChI is InChI=1S/C3H4O2.C2H6O.ClH/c1-2-3(4)5;1-2-3;/h2H,1H2,(H,4,5);3H,2H2,1H3;1H. The van der Waals surface area contributed by atoms with E-state index in [0.717, 1.165) is 6.08 Å². The van der Waals surface area contributed by atoms with Crippen LogP contribution in [0.25, 0.3) is 0 Å². The van der Waals surface area contributed by atoms with Gasteiger partial charge in [-0.15, -0.1) is 12.4 Å². The van der Waals surface area contributed by atoms with Crippen LogP contribution in [0.2, 0.25) is 0 Å². The van der Waals surface area contributed by atoms with E-state index < -0.39 is 5.97 Å². The maximum absolute atomic E-state index is 9.25. The molecule has 0 radical (unpaired) electrons. The number of aliphatic hydroxyl groups is 1. The first kappa shape index (κ1) is 15.8. The first-order valence-corrected chi connectivity index (χ1v) is 2.15. The lowest BCUT2D eigenvalue weighted by Gasteiger charge is -1.64. The third-order valence-corrected chi connectivity index (χ3v) is 0.175. The van der Waals surface area contributed by atoms with Gasteiger partial charge in [-0.05, 0) is 6.92 Å². The number of carboxylic acid groups (broad SMARTS) is 1. The maximum atomic E-state index is 9.25. The van der Waals surface area contributed by atoms with Crippen LogP contribution >= 0.6 is 12.4 Å². The average Bonchev–Trinajstić information content (AvgIpc) is 1.69. The molecule has 0 aromatic carbocycles. The summed E-state index contributed by atoms with van der Waals surface area (Å²) >= 11 is 0. The van der Waals surface area contributed by atoms with Gasteiger partial charge in [-0.3, -0.25) is 0 Å². The number of carbonyl (C=O) groups is 1. The van der Waals surface area contributed by atoms with E-state index in [-0.39, 0.29) is 19.0 Å². The van der Waals surface area contributed by atoms with E-state index in [0.29, 0.717) is 0 Å². The molecule has 0 aromatic rings. The average molecular weight is 155 g/mol. The summed E-state index contributed by atoms with van der Waals surface area (Å²) in [6.07, 6.45) is 0.833. The summed E-state index contributed by atoms with van der Waals surface area (Å²) < 4.78 is 0. The van der Waals surface area contributed by atoms with Gasteiger partial charge in [0.2, 0.25) is 0 Å². The minimum absolute atomic E-state index is 0. The number of carboxylic acids is 1. The molecule has 0 aliphatic rings. The third-order valence-electron chi connectivity index (χ3n) is 0.175. The predicted octanol–water partition coefficient (Wildman–Crippen LogP) is 0.677. The second kappa shape index (κ2) is 15.7. The van der Waals surface area contributed by atoms with Crippen molar-refractivity contribution in [2.24, 2.45) is 0 Å². The minimum atomic E-state index is -0.981. The SMILES string of the molecule is C=CC(=O)O.CCO.Cl. The molecule has 0 fully saturated rings.